The first-order valence-electron chi connectivity index (χ1n) is 6.18. The Morgan fingerprint density at radius 2 is 2.25 bits per heavy atom. The molecule has 0 radical (unpaired) electrons. The Morgan fingerprint density at radius 3 is 2.88 bits per heavy atom. The van der Waals surface area contributed by atoms with Crippen molar-refractivity contribution < 1.29 is 4.74 Å². The van der Waals surface area contributed by atoms with Crippen LogP contribution in [0.2, 0.25) is 0 Å². The second-order valence-corrected chi connectivity index (χ2v) is 5.12. The Morgan fingerprint density at radius 1 is 1.44 bits per heavy atom. The summed E-state index contributed by atoms with van der Waals surface area (Å²) in [6, 6.07) is 6.46. The molecule has 1 spiro atoms. The number of nitrogens with two attached hydrogens (primary N) is 1. The summed E-state index contributed by atoms with van der Waals surface area (Å²) in [5, 5.41) is 0. The molecular formula is C14H19NO. The first-order chi connectivity index (χ1) is 7.81. The molecule has 2 aliphatic carbocycles. The van der Waals surface area contributed by atoms with Crippen LogP contribution < -0.4 is 10.5 Å². The Kier molecular flexibility index (Phi) is 2.21. The van der Waals surface area contributed by atoms with Gasteiger partial charge in [0.1, 0.15) is 5.75 Å². The van der Waals surface area contributed by atoms with Gasteiger partial charge in [-0.2, -0.15) is 0 Å². The maximum Gasteiger partial charge on any atom is 0.122 e. The highest BCUT2D eigenvalue weighted by Crippen LogP contribution is 2.60. The SMILES string of the molecule is COc1cccc2c1C1(CC1)C(CN)CC2. The van der Waals surface area contributed by atoms with Crippen molar-refractivity contribution in [2.24, 2.45) is 11.7 Å². The lowest BCUT2D eigenvalue weighted by atomic mass is 9.72. The first kappa shape index (κ1) is 10.2. The molecule has 1 saturated carbocycles. The van der Waals surface area contributed by atoms with Crippen molar-refractivity contribution in [3.05, 3.63) is 29.3 Å². The van der Waals surface area contributed by atoms with E-state index in [-0.39, 0.29) is 0 Å². The van der Waals surface area contributed by atoms with E-state index >= 15 is 0 Å². The zero-order valence-corrected chi connectivity index (χ0v) is 9.83. The fourth-order valence-electron chi connectivity index (χ4n) is 3.47. The fraction of sp³-hybridized carbons (Fsp3) is 0.571. The molecule has 2 heteroatoms. The molecule has 0 aromatic heterocycles. The van der Waals surface area contributed by atoms with Gasteiger partial charge in [0.25, 0.3) is 0 Å². The summed E-state index contributed by atoms with van der Waals surface area (Å²) in [6.07, 6.45) is 5.00. The Labute approximate surface area is 96.8 Å². The number of aryl methyl sites for hydroxylation is 1. The molecule has 2 aliphatic rings. The third-order valence-electron chi connectivity index (χ3n) is 4.45. The van der Waals surface area contributed by atoms with Crippen LogP contribution in [0.4, 0.5) is 0 Å². The number of fused-ring (bicyclic) bond motifs is 2. The van der Waals surface area contributed by atoms with Gasteiger partial charge in [0.05, 0.1) is 7.11 Å². The minimum Gasteiger partial charge on any atom is -0.496 e. The average Bonchev–Trinajstić information content (AvgIpc) is 3.10. The van der Waals surface area contributed by atoms with Crippen molar-refractivity contribution in [1.82, 2.24) is 0 Å². The van der Waals surface area contributed by atoms with Gasteiger partial charge in [-0.05, 0) is 49.8 Å². The summed E-state index contributed by atoms with van der Waals surface area (Å²) in [5.41, 5.74) is 9.26. The Hall–Kier alpha value is -1.02. The van der Waals surface area contributed by atoms with Crippen LogP contribution in [0.1, 0.15) is 30.4 Å². The Balaban J connectivity index is 2.13. The second-order valence-electron chi connectivity index (χ2n) is 5.12. The van der Waals surface area contributed by atoms with Crippen LogP contribution >= 0.6 is 0 Å². The number of hydrogen-bond donors (Lipinski definition) is 1. The smallest absolute Gasteiger partial charge is 0.122 e. The van der Waals surface area contributed by atoms with E-state index in [1.165, 1.54) is 30.4 Å². The molecule has 86 valence electrons. The van der Waals surface area contributed by atoms with E-state index in [2.05, 4.69) is 18.2 Å². The maximum atomic E-state index is 5.93. The third-order valence-corrected chi connectivity index (χ3v) is 4.45. The predicted molar refractivity (Wildman–Crippen MR) is 64.8 cm³/mol. The molecule has 1 unspecified atom stereocenters. The summed E-state index contributed by atoms with van der Waals surface area (Å²) >= 11 is 0. The van der Waals surface area contributed by atoms with Crippen molar-refractivity contribution >= 4 is 0 Å². The minimum atomic E-state index is 0.370. The standard InChI is InChI=1S/C14H19NO/c1-16-12-4-2-3-10-5-6-11(9-15)14(7-8-14)13(10)12/h2-4,11H,5-9,15H2,1H3. The highest BCUT2D eigenvalue weighted by atomic mass is 16.5. The number of hydrogen-bond acceptors (Lipinski definition) is 2. The van der Waals surface area contributed by atoms with Crippen LogP contribution in [0.15, 0.2) is 18.2 Å². The molecule has 2 nitrogen and oxygen atoms in total. The van der Waals surface area contributed by atoms with Gasteiger partial charge in [-0.15, -0.1) is 0 Å². The van der Waals surface area contributed by atoms with E-state index in [0.29, 0.717) is 11.3 Å². The van der Waals surface area contributed by atoms with Gasteiger partial charge in [0.15, 0.2) is 0 Å². The van der Waals surface area contributed by atoms with Crippen molar-refractivity contribution in [3.8, 4) is 5.75 Å². The van der Waals surface area contributed by atoms with Crippen LogP contribution in [0, 0.1) is 5.92 Å². The molecule has 2 N–H and O–H groups in total. The van der Waals surface area contributed by atoms with Gasteiger partial charge in [0.2, 0.25) is 0 Å². The van der Waals surface area contributed by atoms with Crippen LogP contribution in [-0.2, 0) is 11.8 Å². The Bertz CT molecular complexity index is 395. The molecule has 0 bridgehead atoms. The van der Waals surface area contributed by atoms with E-state index in [4.69, 9.17) is 10.5 Å². The monoisotopic (exact) mass is 217 g/mol. The predicted octanol–water partition coefficient (Wildman–Crippen LogP) is 2.25. The zero-order chi connectivity index (χ0) is 11.2. The van der Waals surface area contributed by atoms with E-state index in [0.717, 1.165) is 18.7 Å². The van der Waals surface area contributed by atoms with E-state index < -0.39 is 0 Å². The molecule has 16 heavy (non-hydrogen) atoms. The van der Waals surface area contributed by atoms with Crippen molar-refractivity contribution in [2.45, 2.75) is 31.1 Å². The van der Waals surface area contributed by atoms with Crippen molar-refractivity contribution in [1.29, 1.82) is 0 Å². The molecule has 1 fully saturated rings. The minimum absolute atomic E-state index is 0.370. The van der Waals surface area contributed by atoms with Gasteiger partial charge in [-0.1, -0.05) is 12.1 Å². The first-order valence-corrected chi connectivity index (χ1v) is 6.18. The highest BCUT2D eigenvalue weighted by molar-refractivity contribution is 5.51. The maximum absolute atomic E-state index is 5.93. The molecule has 1 aromatic carbocycles. The van der Waals surface area contributed by atoms with Crippen molar-refractivity contribution in [2.75, 3.05) is 13.7 Å². The lowest BCUT2D eigenvalue weighted by Gasteiger charge is -2.34. The van der Waals surface area contributed by atoms with Crippen molar-refractivity contribution in [3.63, 3.8) is 0 Å². The largest absolute Gasteiger partial charge is 0.496 e. The molecule has 0 amide bonds. The lowest BCUT2D eigenvalue weighted by Crippen LogP contribution is -2.33. The summed E-state index contributed by atoms with van der Waals surface area (Å²) in [6.45, 7) is 0.817. The van der Waals surface area contributed by atoms with E-state index in [1.807, 2.05) is 0 Å². The fourth-order valence-corrected chi connectivity index (χ4v) is 3.47. The molecular weight excluding hydrogens is 198 g/mol. The van der Waals surface area contributed by atoms with Crippen LogP contribution in [0.25, 0.3) is 0 Å². The molecule has 1 atom stereocenters. The topological polar surface area (TPSA) is 35.2 Å². The van der Waals surface area contributed by atoms with Crippen LogP contribution in [-0.4, -0.2) is 13.7 Å². The summed E-state index contributed by atoms with van der Waals surface area (Å²) in [5.74, 6) is 1.74. The third kappa shape index (κ3) is 1.23. The molecule has 0 aliphatic heterocycles. The van der Waals surface area contributed by atoms with Gasteiger partial charge in [0, 0.05) is 11.0 Å². The average molecular weight is 217 g/mol. The van der Waals surface area contributed by atoms with E-state index in [1.54, 1.807) is 7.11 Å². The summed E-state index contributed by atoms with van der Waals surface area (Å²) in [4.78, 5) is 0. The molecule has 0 saturated heterocycles. The van der Waals surface area contributed by atoms with Gasteiger partial charge < -0.3 is 10.5 Å². The number of benzene rings is 1. The van der Waals surface area contributed by atoms with Crippen LogP contribution in [0.3, 0.4) is 0 Å². The lowest BCUT2D eigenvalue weighted by molar-refractivity contribution is 0.337. The van der Waals surface area contributed by atoms with Gasteiger partial charge >= 0.3 is 0 Å². The number of rotatable bonds is 2. The number of methoxy groups -OCH3 is 1. The van der Waals surface area contributed by atoms with Crippen LogP contribution in [0.5, 0.6) is 5.75 Å². The molecule has 1 aromatic rings. The van der Waals surface area contributed by atoms with Gasteiger partial charge in [-0.3, -0.25) is 0 Å². The quantitative estimate of drug-likeness (QED) is 0.824. The second kappa shape index (κ2) is 3.49. The van der Waals surface area contributed by atoms with Gasteiger partial charge in [-0.25, -0.2) is 0 Å². The number of ether oxygens (including phenoxy) is 1. The summed E-state index contributed by atoms with van der Waals surface area (Å²) in [7, 11) is 1.78. The zero-order valence-electron chi connectivity index (χ0n) is 9.83. The normalized spacial score (nSPS) is 25.2. The highest BCUT2D eigenvalue weighted by Gasteiger charge is 2.53. The van der Waals surface area contributed by atoms with E-state index in [9.17, 15) is 0 Å². The molecule has 0 heterocycles. The molecule has 3 rings (SSSR count). The summed E-state index contributed by atoms with van der Waals surface area (Å²) < 4.78 is 5.54.